The second-order valence-electron chi connectivity index (χ2n) is 11.4. The maximum absolute atomic E-state index is 14.7. The van der Waals surface area contributed by atoms with Crippen LogP contribution in [0.25, 0.3) is 55.6 Å². The number of nitrogens with one attached hydrogen (secondary N) is 3. The molecule has 2 aromatic carbocycles. The third-order valence-corrected chi connectivity index (χ3v) is 7.97. The number of likely N-dealkylation sites (N-methyl/N-ethyl adjacent to an activating group) is 1. The summed E-state index contributed by atoms with van der Waals surface area (Å²) in [7, 11) is 3.95. The van der Waals surface area contributed by atoms with Gasteiger partial charge in [-0.25, -0.2) is 9.37 Å². The van der Waals surface area contributed by atoms with Crippen molar-refractivity contribution in [3.8, 4) is 45.1 Å². The molecule has 5 heterocycles. The summed E-state index contributed by atoms with van der Waals surface area (Å²) in [5.74, 6) is 0.925. The summed E-state index contributed by atoms with van der Waals surface area (Å²) < 4.78 is 26.8. The summed E-state index contributed by atoms with van der Waals surface area (Å²) in [5, 5.41) is 12.8. The average molecular weight is 592 g/mol. The molecule has 10 heteroatoms. The minimum atomic E-state index is -0.340. The van der Waals surface area contributed by atoms with Gasteiger partial charge in [0.25, 0.3) is 0 Å². The number of nitrogens with zero attached hydrogens (tertiary/aromatic N) is 4. The highest BCUT2D eigenvalue weighted by Crippen LogP contribution is 2.36. The molecule has 6 aromatic rings. The number of ether oxygens (including phenoxy) is 2. The molecule has 7 rings (SSSR count). The van der Waals surface area contributed by atoms with E-state index in [1.165, 1.54) is 6.07 Å². The van der Waals surface area contributed by atoms with Crippen molar-refractivity contribution < 1.29 is 13.9 Å². The lowest BCUT2D eigenvalue weighted by Crippen LogP contribution is -2.34. The SMILES string of the molecule is CN(C)CCOc1cc(F)cc(-c2cccc3[nH]c(-c4[nH]nc5ncc(-c6cncc(OC7CCNCC7)c6)cc45)cc23)c1. The van der Waals surface area contributed by atoms with Crippen molar-refractivity contribution in [3.63, 3.8) is 0 Å². The van der Waals surface area contributed by atoms with E-state index in [0.29, 0.717) is 18.0 Å². The molecule has 0 atom stereocenters. The van der Waals surface area contributed by atoms with Gasteiger partial charge in [-0.15, -0.1) is 0 Å². The van der Waals surface area contributed by atoms with Crippen LogP contribution in [-0.4, -0.2) is 76.5 Å². The summed E-state index contributed by atoms with van der Waals surface area (Å²) in [6.45, 7) is 3.14. The molecule has 1 aliphatic rings. The van der Waals surface area contributed by atoms with Crippen molar-refractivity contribution in [1.29, 1.82) is 0 Å². The van der Waals surface area contributed by atoms with E-state index >= 15 is 0 Å². The van der Waals surface area contributed by atoms with Crippen LogP contribution in [0.1, 0.15) is 12.8 Å². The Hall–Kier alpha value is -4.80. The van der Waals surface area contributed by atoms with Crippen LogP contribution in [0, 0.1) is 5.82 Å². The van der Waals surface area contributed by atoms with Gasteiger partial charge in [0, 0.05) is 52.4 Å². The van der Waals surface area contributed by atoms with Gasteiger partial charge in [0.1, 0.15) is 30.0 Å². The minimum absolute atomic E-state index is 0.191. The maximum Gasteiger partial charge on any atom is 0.181 e. The molecule has 1 fully saturated rings. The number of aromatic nitrogens is 5. The summed E-state index contributed by atoms with van der Waals surface area (Å²) in [4.78, 5) is 14.6. The van der Waals surface area contributed by atoms with E-state index in [2.05, 4.69) is 42.6 Å². The second kappa shape index (κ2) is 12.1. The lowest BCUT2D eigenvalue weighted by Gasteiger charge is -2.23. The van der Waals surface area contributed by atoms with Crippen molar-refractivity contribution in [2.45, 2.75) is 18.9 Å². The Balaban J connectivity index is 1.21. The van der Waals surface area contributed by atoms with Gasteiger partial charge in [0.15, 0.2) is 5.65 Å². The molecular formula is C34H34FN7O2. The molecular weight excluding hydrogens is 557 g/mol. The minimum Gasteiger partial charge on any atom is -0.492 e. The Morgan fingerprint density at radius 1 is 0.909 bits per heavy atom. The molecule has 0 bridgehead atoms. The molecule has 44 heavy (non-hydrogen) atoms. The van der Waals surface area contributed by atoms with Crippen molar-refractivity contribution in [1.82, 2.24) is 35.4 Å². The fourth-order valence-electron chi connectivity index (χ4n) is 5.70. The van der Waals surface area contributed by atoms with Gasteiger partial charge in [-0.3, -0.25) is 10.1 Å². The molecule has 0 spiro atoms. The largest absolute Gasteiger partial charge is 0.492 e. The van der Waals surface area contributed by atoms with Crippen LogP contribution in [0.5, 0.6) is 11.5 Å². The van der Waals surface area contributed by atoms with E-state index < -0.39 is 0 Å². The molecule has 0 saturated carbocycles. The summed E-state index contributed by atoms with van der Waals surface area (Å²) in [6, 6.07) is 17.0. The van der Waals surface area contributed by atoms with Gasteiger partial charge in [-0.2, -0.15) is 5.10 Å². The van der Waals surface area contributed by atoms with Gasteiger partial charge >= 0.3 is 0 Å². The van der Waals surface area contributed by atoms with Crippen LogP contribution in [0.15, 0.2) is 73.2 Å². The number of piperidine rings is 1. The summed E-state index contributed by atoms with van der Waals surface area (Å²) in [5.41, 5.74) is 6.71. The number of rotatable bonds is 9. The van der Waals surface area contributed by atoms with E-state index in [4.69, 9.17) is 9.47 Å². The fraction of sp³-hybridized carbons (Fsp3) is 0.265. The Kier molecular flexibility index (Phi) is 7.68. The third-order valence-electron chi connectivity index (χ3n) is 7.97. The monoisotopic (exact) mass is 591 g/mol. The zero-order valence-electron chi connectivity index (χ0n) is 24.7. The molecule has 0 amide bonds. The molecule has 1 aliphatic heterocycles. The highest BCUT2D eigenvalue weighted by molar-refractivity contribution is 6.01. The Morgan fingerprint density at radius 2 is 1.75 bits per heavy atom. The topological polar surface area (TPSA) is 104 Å². The third kappa shape index (κ3) is 5.86. The van der Waals surface area contributed by atoms with E-state index in [1.54, 1.807) is 12.3 Å². The van der Waals surface area contributed by atoms with Gasteiger partial charge < -0.3 is 24.7 Å². The van der Waals surface area contributed by atoms with E-state index in [0.717, 1.165) is 88.2 Å². The molecule has 0 aliphatic carbocycles. The summed E-state index contributed by atoms with van der Waals surface area (Å²) >= 11 is 0. The predicted octanol–water partition coefficient (Wildman–Crippen LogP) is 6.05. The van der Waals surface area contributed by atoms with Crippen molar-refractivity contribution in [3.05, 3.63) is 79.0 Å². The molecule has 224 valence electrons. The van der Waals surface area contributed by atoms with Gasteiger partial charge in [0.2, 0.25) is 0 Å². The number of benzene rings is 2. The van der Waals surface area contributed by atoms with E-state index in [1.807, 2.05) is 61.7 Å². The van der Waals surface area contributed by atoms with Crippen LogP contribution >= 0.6 is 0 Å². The first kappa shape index (κ1) is 28.0. The number of halogens is 1. The van der Waals surface area contributed by atoms with Crippen LogP contribution in [0.2, 0.25) is 0 Å². The standard InChI is InChI=1S/C34H34FN7O2/c1-42(2)10-11-43-26-13-21(12-24(35)16-26)28-4-3-5-31-29(28)17-32(39-31)33-30-15-23(19-38-34(30)41-40-33)22-14-27(20-37-18-22)44-25-6-8-36-9-7-25/h3-5,12-20,25,36,39H,6-11H2,1-2H3,(H,38,40,41). The van der Waals surface area contributed by atoms with Crippen LogP contribution in [0.3, 0.4) is 0 Å². The average Bonchev–Trinajstić information content (AvgIpc) is 3.65. The lowest BCUT2D eigenvalue weighted by molar-refractivity contribution is 0.162. The lowest BCUT2D eigenvalue weighted by atomic mass is 10.0. The molecule has 0 unspecified atom stereocenters. The van der Waals surface area contributed by atoms with Crippen molar-refractivity contribution in [2.75, 3.05) is 40.3 Å². The normalized spacial score (nSPS) is 14.1. The maximum atomic E-state index is 14.7. The molecule has 4 aromatic heterocycles. The first-order valence-electron chi connectivity index (χ1n) is 14.9. The molecule has 3 N–H and O–H groups in total. The van der Waals surface area contributed by atoms with E-state index in [-0.39, 0.29) is 11.9 Å². The van der Waals surface area contributed by atoms with Crippen molar-refractivity contribution >= 4 is 21.9 Å². The number of aromatic amines is 2. The van der Waals surface area contributed by atoms with Gasteiger partial charge in [-0.1, -0.05) is 12.1 Å². The van der Waals surface area contributed by atoms with Gasteiger partial charge in [-0.05, 0) is 87.6 Å². The predicted molar refractivity (Wildman–Crippen MR) is 170 cm³/mol. The summed E-state index contributed by atoms with van der Waals surface area (Å²) in [6.07, 6.45) is 7.55. The van der Waals surface area contributed by atoms with Crippen LogP contribution in [-0.2, 0) is 0 Å². The molecule has 9 nitrogen and oxygen atoms in total. The fourth-order valence-corrected chi connectivity index (χ4v) is 5.70. The number of hydrogen-bond acceptors (Lipinski definition) is 7. The zero-order valence-corrected chi connectivity index (χ0v) is 24.7. The van der Waals surface area contributed by atoms with Crippen molar-refractivity contribution in [2.24, 2.45) is 0 Å². The number of H-pyrrole nitrogens is 2. The Morgan fingerprint density at radius 3 is 2.61 bits per heavy atom. The number of fused-ring (bicyclic) bond motifs is 2. The Bertz CT molecular complexity index is 1930. The van der Waals surface area contributed by atoms with Gasteiger partial charge in [0.05, 0.1) is 17.6 Å². The first-order chi connectivity index (χ1) is 21.5. The smallest absolute Gasteiger partial charge is 0.181 e. The quantitative estimate of drug-likeness (QED) is 0.188. The molecule has 1 saturated heterocycles. The number of pyridine rings is 2. The van der Waals surface area contributed by atoms with Crippen LogP contribution in [0.4, 0.5) is 4.39 Å². The number of hydrogen-bond donors (Lipinski definition) is 3. The van der Waals surface area contributed by atoms with Crippen LogP contribution < -0.4 is 14.8 Å². The Labute approximate surface area is 254 Å². The first-order valence-corrected chi connectivity index (χ1v) is 14.9. The second-order valence-corrected chi connectivity index (χ2v) is 11.4. The highest BCUT2D eigenvalue weighted by Gasteiger charge is 2.17. The molecule has 0 radical (unpaired) electrons. The van der Waals surface area contributed by atoms with E-state index in [9.17, 15) is 4.39 Å². The zero-order chi connectivity index (χ0) is 30.0. The highest BCUT2D eigenvalue weighted by atomic mass is 19.1.